The zero-order valence-electron chi connectivity index (χ0n) is 10.1. The van der Waals surface area contributed by atoms with Crippen molar-refractivity contribution in [2.45, 2.75) is 18.8 Å². The molecule has 3 heteroatoms. The molecule has 1 aliphatic rings. The zero-order valence-corrected chi connectivity index (χ0v) is 11.7. The Bertz CT molecular complexity index is 576. The second-order valence-electron chi connectivity index (χ2n) is 4.93. The highest BCUT2D eigenvalue weighted by atomic mass is 79.9. The van der Waals surface area contributed by atoms with E-state index in [0.717, 1.165) is 41.4 Å². The minimum Gasteiger partial charge on any atom is -0.508 e. The third-order valence-electron chi connectivity index (χ3n) is 3.73. The van der Waals surface area contributed by atoms with Crippen molar-refractivity contribution in [2.75, 3.05) is 13.1 Å². The van der Waals surface area contributed by atoms with Crippen LogP contribution in [-0.4, -0.2) is 18.2 Å². The number of aromatic hydroxyl groups is 1. The van der Waals surface area contributed by atoms with Gasteiger partial charge in [-0.1, -0.05) is 22.0 Å². The van der Waals surface area contributed by atoms with Crippen molar-refractivity contribution in [3.63, 3.8) is 0 Å². The molecule has 0 radical (unpaired) electrons. The summed E-state index contributed by atoms with van der Waals surface area (Å²) in [5, 5.41) is 15.8. The normalized spacial score (nSPS) is 17.2. The maximum Gasteiger partial charge on any atom is 0.119 e. The van der Waals surface area contributed by atoms with Crippen molar-refractivity contribution < 1.29 is 5.11 Å². The SMILES string of the molecule is Oc1cc2ccc(Br)cc2cc1C1CCNCC1. The molecule has 2 aromatic carbocycles. The first kappa shape index (κ1) is 12.0. The lowest BCUT2D eigenvalue weighted by atomic mass is 9.88. The van der Waals surface area contributed by atoms with E-state index in [2.05, 4.69) is 33.4 Å². The molecule has 0 atom stereocenters. The number of fused-ring (bicyclic) bond motifs is 1. The van der Waals surface area contributed by atoms with Gasteiger partial charge in [-0.15, -0.1) is 0 Å². The number of benzene rings is 2. The lowest BCUT2D eigenvalue weighted by Crippen LogP contribution is -2.26. The number of piperidine rings is 1. The quantitative estimate of drug-likeness (QED) is 0.840. The minimum atomic E-state index is 0.441. The van der Waals surface area contributed by atoms with Crippen LogP contribution >= 0.6 is 15.9 Å². The van der Waals surface area contributed by atoms with E-state index in [0.29, 0.717) is 11.7 Å². The van der Waals surface area contributed by atoms with Crippen LogP contribution in [0.25, 0.3) is 10.8 Å². The summed E-state index contributed by atoms with van der Waals surface area (Å²) in [5.74, 6) is 0.923. The van der Waals surface area contributed by atoms with Gasteiger partial charge in [-0.25, -0.2) is 0 Å². The molecule has 1 fully saturated rings. The van der Waals surface area contributed by atoms with Gasteiger partial charge in [-0.3, -0.25) is 0 Å². The minimum absolute atomic E-state index is 0.441. The molecule has 3 rings (SSSR count). The number of phenolic OH excluding ortho intramolecular Hbond substituents is 1. The Balaban J connectivity index is 2.07. The Kier molecular flexibility index (Phi) is 3.27. The average Bonchev–Trinajstić information content (AvgIpc) is 2.39. The van der Waals surface area contributed by atoms with E-state index in [4.69, 9.17) is 0 Å². The van der Waals surface area contributed by atoms with Gasteiger partial charge < -0.3 is 10.4 Å². The van der Waals surface area contributed by atoms with Gasteiger partial charge in [0, 0.05) is 4.47 Å². The standard InChI is InChI=1S/C15H16BrNO/c16-13-2-1-11-9-15(18)14(8-12(11)7-13)10-3-5-17-6-4-10/h1-2,7-10,17-18H,3-6H2. The molecule has 94 valence electrons. The van der Waals surface area contributed by atoms with Gasteiger partial charge in [0.05, 0.1) is 0 Å². The molecule has 2 nitrogen and oxygen atoms in total. The maximum atomic E-state index is 10.2. The smallest absolute Gasteiger partial charge is 0.119 e. The summed E-state index contributed by atoms with van der Waals surface area (Å²) in [5.41, 5.74) is 1.10. The van der Waals surface area contributed by atoms with E-state index < -0.39 is 0 Å². The van der Waals surface area contributed by atoms with E-state index in [1.54, 1.807) is 0 Å². The van der Waals surface area contributed by atoms with Gasteiger partial charge in [0.15, 0.2) is 0 Å². The van der Waals surface area contributed by atoms with E-state index in [1.165, 1.54) is 5.39 Å². The van der Waals surface area contributed by atoms with Gasteiger partial charge in [-0.05, 0) is 72.5 Å². The van der Waals surface area contributed by atoms with Gasteiger partial charge in [-0.2, -0.15) is 0 Å². The molecule has 1 saturated heterocycles. The van der Waals surface area contributed by atoms with E-state index in [-0.39, 0.29) is 0 Å². The number of hydrogen-bond acceptors (Lipinski definition) is 2. The largest absolute Gasteiger partial charge is 0.508 e. The topological polar surface area (TPSA) is 32.3 Å². The summed E-state index contributed by atoms with van der Waals surface area (Å²) in [6.45, 7) is 2.08. The predicted molar refractivity (Wildman–Crippen MR) is 78.2 cm³/mol. The van der Waals surface area contributed by atoms with Gasteiger partial charge in [0.25, 0.3) is 0 Å². The summed E-state index contributed by atoms with van der Waals surface area (Å²) in [6.07, 6.45) is 2.21. The lowest BCUT2D eigenvalue weighted by Gasteiger charge is -2.24. The average molecular weight is 306 g/mol. The van der Waals surface area contributed by atoms with Crippen molar-refractivity contribution in [3.05, 3.63) is 40.4 Å². The number of hydrogen-bond donors (Lipinski definition) is 2. The number of nitrogens with one attached hydrogen (secondary N) is 1. The van der Waals surface area contributed by atoms with Crippen LogP contribution in [0.3, 0.4) is 0 Å². The Hall–Kier alpha value is -1.06. The van der Waals surface area contributed by atoms with Crippen LogP contribution in [0.2, 0.25) is 0 Å². The summed E-state index contributed by atoms with van der Waals surface area (Å²) >= 11 is 3.50. The highest BCUT2D eigenvalue weighted by Crippen LogP contribution is 2.35. The van der Waals surface area contributed by atoms with Gasteiger partial charge >= 0.3 is 0 Å². The second kappa shape index (κ2) is 4.90. The van der Waals surface area contributed by atoms with E-state index in [9.17, 15) is 5.11 Å². The number of phenols is 1. The second-order valence-corrected chi connectivity index (χ2v) is 5.84. The summed E-state index contributed by atoms with van der Waals surface area (Å²) in [7, 11) is 0. The van der Waals surface area contributed by atoms with Crippen LogP contribution in [0.5, 0.6) is 5.75 Å². The predicted octanol–water partition coefficient (Wildman–Crippen LogP) is 3.77. The highest BCUT2D eigenvalue weighted by molar-refractivity contribution is 9.10. The van der Waals surface area contributed by atoms with Crippen molar-refractivity contribution in [1.82, 2.24) is 5.32 Å². The summed E-state index contributed by atoms with van der Waals surface area (Å²) < 4.78 is 1.08. The first-order valence-corrected chi connectivity index (χ1v) is 7.16. The highest BCUT2D eigenvalue weighted by Gasteiger charge is 2.18. The van der Waals surface area contributed by atoms with Crippen LogP contribution in [-0.2, 0) is 0 Å². The van der Waals surface area contributed by atoms with Gasteiger partial charge in [0.1, 0.15) is 5.75 Å². The first-order valence-electron chi connectivity index (χ1n) is 6.37. The molecule has 0 aromatic heterocycles. The van der Waals surface area contributed by atoms with Crippen LogP contribution in [0.1, 0.15) is 24.3 Å². The fourth-order valence-electron chi connectivity index (χ4n) is 2.73. The molecular weight excluding hydrogens is 290 g/mol. The fraction of sp³-hybridized carbons (Fsp3) is 0.333. The molecule has 0 aliphatic carbocycles. The Morgan fingerprint density at radius 1 is 1.06 bits per heavy atom. The first-order chi connectivity index (χ1) is 8.74. The molecule has 0 amide bonds. The molecule has 0 unspecified atom stereocenters. The van der Waals surface area contributed by atoms with Crippen LogP contribution in [0.4, 0.5) is 0 Å². The van der Waals surface area contributed by atoms with Crippen molar-refractivity contribution in [1.29, 1.82) is 0 Å². The summed E-state index contributed by atoms with van der Waals surface area (Å²) in [4.78, 5) is 0. The van der Waals surface area contributed by atoms with Crippen molar-refractivity contribution in [2.24, 2.45) is 0 Å². The molecule has 1 heterocycles. The molecule has 2 aromatic rings. The van der Waals surface area contributed by atoms with Crippen LogP contribution < -0.4 is 5.32 Å². The Morgan fingerprint density at radius 2 is 1.83 bits per heavy atom. The fourth-order valence-corrected chi connectivity index (χ4v) is 3.11. The monoisotopic (exact) mass is 305 g/mol. The third-order valence-corrected chi connectivity index (χ3v) is 4.22. The maximum absolute atomic E-state index is 10.2. The van der Waals surface area contributed by atoms with E-state index in [1.807, 2.05) is 18.2 Å². The number of halogens is 1. The van der Waals surface area contributed by atoms with Crippen LogP contribution in [0.15, 0.2) is 34.8 Å². The lowest BCUT2D eigenvalue weighted by molar-refractivity contribution is 0.425. The molecule has 0 saturated carbocycles. The molecule has 0 bridgehead atoms. The molecule has 2 N–H and O–H groups in total. The Labute approximate surface area is 115 Å². The number of rotatable bonds is 1. The van der Waals surface area contributed by atoms with E-state index >= 15 is 0 Å². The Morgan fingerprint density at radius 3 is 2.61 bits per heavy atom. The zero-order chi connectivity index (χ0) is 12.5. The molecular formula is C15H16BrNO. The van der Waals surface area contributed by atoms with Crippen LogP contribution in [0, 0.1) is 0 Å². The molecule has 1 aliphatic heterocycles. The summed E-state index contributed by atoms with van der Waals surface area (Å²) in [6, 6.07) is 10.2. The molecule has 0 spiro atoms. The van der Waals surface area contributed by atoms with Crippen molar-refractivity contribution in [3.8, 4) is 5.75 Å². The van der Waals surface area contributed by atoms with Crippen molar-refractivity contribution >= 4 is 26.7 Å². The third kappa shape index (κ3) is 2.25. The van der Waals surface area contributed by atoms with Gasteiger partial charge in [0.2, 0.25) is 0 Å². The molecule has 18 heavy (non-hydrogen) atoms.